The average Bonchev–Trinajstić information content (AvgIpc) is 2.54. The molecular weight excluding hydrogens is 295 g/mol. The van der Waals surface area contributed by atoms with Gasteiger partial charge in [-0.3, -0.25) is 4.79 Å². The van der Waals surface area contributed by atoms with E-state index in [2.05, 4.69) is 15.3 Å². The van der Waals surface area contributed by atoms with Crippen LogP contribution in [0.2, 0.25) is 0 Å². The van der Waals surface area contributed by atoms with Gasteiger partial charge in [0.15, 0.2) is 0 Å². The summed E-state index contributed by atoms with van der Waals surface area (Å²) < 4.78 is 13.1. The molecule has 0 unspecified atom stereocenters. The van der Waals surface area contributed by atoms with Crippen LogP contribution < -0.4 is 10.2 Å². The second kappa shape index (κ2) is 6.39. The molecule has 5 nitrogen and oxygen atoms in total. The second-order valence-corrected chi connectivity index (χ2v) is 5.13. The first kappa shape index (κ1) is 14.9. The summed E-state index contributed by atoms with van der Waals surface area (Å²) >= 11 is 0. The molecule has 0 aliphatic carbocycles. The fraction of sp³-hybridized carbons (Fsp3) is 0.118. The van der Waals surface area contributed by atoms with Crippen molar-refractivity contribution in [2.24, 2.45) is 0 Å². The molecule has 6 heteroatoms. The molecule has 0 saturated carbocycles. The molecule has 2 aromatic carbocycles. The summed E-state index contributed by atoms with van der Waals surface area (Å²) in [5.41, 5.74) is 1.24. The van der Waals surface area contributed by atoms with Crippen molar-refractivity contribution < 1.29 is 9.18 Å². The molecule has 0 saturated heterocycles. The molecule has 1 amide bonds. The van der Waals surface area contributed by atoms with E-state index in [9.17, 15) is 9.18 Å². The van der Waals surface area contributed by atoms with E-state index >= 15 is 0 Å². The summed E-state index contributed by atoms with van der Waals surface area (Å²) in [6.07, 6.45) is 1.47. The van der Waals surface area contributed by atoms with Crippen LogP contribution in [0.15, 0.2) is 54.9 Å². The highest BCUT2D eigenvalue weighted by atomic mass is 19.1. The summed E-state index contributed by atoms with van der Waals surface area (Å²) in [4.78, 5) is 22.3. The number of hydrogen-bond acceptors (Lipinski definition) is 4. The number of benzene rings is 2. The van der Waals surface area contributed by atoms with Gasteiger partial charge in [0.2, 0.25) is 5.91 Å². The van der Waals surface area contributed by atoms with Gasteiger partial charge in [0.05, 0.1) is 12.1 Å². The number of para-hydroxylation sites is 1. The van der Waals surface area contributed by atoms with Crippen molar-refractivity contribution in [3.8, 4) is 0 Å². The number of nitrogens with one attached hydrogen (secondary N) is 1. The van der Waals surface area contributed by atoms with Gasteiger partial charge < -0.3 is 10.2 Å². The van der Waals surface area contributed by atoms with Crippen molar-refractivity contribution in [1.29, 1.82) is 0 Å². The number of amides is 1. The zero-order chi connectivity index (χ0) is 16.2. The van der Waals surface area contributed by atoms with Crippen LogP contribution in [0.4, 0.5) is 15.9 Å². The Kier molecular flexibility index (Phi) is 4.14. The van der Waals surface area contributed by atoms with Crippen LogP contribution in [0.25, 0.3) is 10.9 Å². The van der Waals surface area contributed by atoms with Crippen LogP contribution in [-0.4, -0.2) is 29.5 Å². The van der Waals surface area contributed by atoms with Crippen molar-refractivity contribution in [2.45, 2.75) is 0 Å². The molecule has 1 heterocycles. The van der Waals surface area contributed by atoms with Crippen molar-refractivity contribution in [1.82, 2.24) is 9.97 Å². The van der Waals surface area contributed by atoms with Crippen molar-refractivity contribution >= 4 is 28.3 Å². The zero-order valence-corrected chi connectivity index (χ0v) is 12.5. The molecule has 0 radical (unpaired) electrons. The lowest BCUT2D eigenvalue weighted by molar-refractivity contribution is -0.114. The first-order valence-electron chi connectivity index (χ1n) is 7.10. The van der Waals surface area contributed by atoms with Gasteiger partial charge in [0.1, 0.15) is 18.0 Å². The van der Waals surface area contributed by atoms with E-state index in [0.29, 0.717) is 11.5 Å². The van der Waals surface area contributed by atoms with E-state index in [1.54, 1.807) is 24.1 Å². The Balaban J connectivity index is 1.75. The van der Waals surface area contributed by atoms with Gasteiger partial charge in [-0.15, -0.1) is 0 Å². The Morgan fingerprint density at radius 2 is 2.00 bits per heavy atom. The van der Waals surface area contributed by atoms with Gasteiger partial charge >= 0.3 is 0 Å². The van der Waals surface area contributed by atoms with Gasteiger partial charge in [-0.1, -0.05) is 18.2 Å². The molecule has 23 heavy (non-hydrogen) atoms. The summed E-state index contributed by atoms with van der Waals surface area (Å²) in [7, 11) is 1.78. The maximum atomic E-state index is 13.1. The Morgan fingerprint density at radius 1 is 1.17 bits per heavy atom. The lowest BCUT2D eigenvalue weighted by Crippen LogP contribution is -2.30. The van der Waals surface area contributed by atoms with Gasteiger partial charge in [-0.05, 0) is 30.3 Å². The molecule has 0 fully saturated rings. The highest BCUT2D eigenvalue weighted by Gasteiger charge is 2.12. The quantitative estimate of drug-likeness (QED) is 0.805. The fourth-order valence-electron chi connectivity index (χ4n) is 2.35. The smallest absolute Gasteiger partial charge is 0.243 e. The number of rotatable bonds is 4. The lowest BCUT2D eigenvalue weighted by atomic mass is 10.2. The minimum Gasteiger partial charge on any atom is -0.350 e. The SMILES string of the molecule is CN(CC(=O)Nc1cccc(F)c1)c1ncnc2ccccc12. The van der Waals surface area contributed by atoms with Crippen LogP contribution in [-0.2, 0) is 4.79 Å². The number of likely N-dealkylation sites (N-methyl/N-ethyl adjacent to an activating group) is 1. The van der Waals surface area contributed by atoms with Crippen LogP contribution in [0.1, 0.15) is 0 Å². The molecule has 0 spiro atoms. The minimum absolute atomic E-state index is 0.0948. The molecule has 0 atom stereocenters. The number of fused-ring (bicyclic) bond motifs is 1. The predicted molar refractivity (Wildman–Crippen MR) is 87.8 cm³/mol. The molecule has 1 aromatic heterocycles. The summed E-state index contributed by atoms with van der Waals surface area (Å²) in [5, 5.41) is 3.54. The molecule has 1 N–H and O–H groups in total. The molecule has 0 bridgehead atoms. The third-order valence-corrected chi connectivity index (χ3v) is 3.37. The van der Waals surface area contributed by atoms with Gasteiger partial charge in [-0.2, -0.15) is 0 Å². The molecule has 0 aliphatic heterocycles. The topological polar surface area (TPSA) is 58.1 Å². The van der Waals surface area contributed by atoms with Gasteiger partial charge in [-0.25, -0.2) is 14.4 Å². The largest absolute Gasteiger partial charge is 0.350 e. The first-order valence-corrected chi connectivity index (χ1v) is 7.10. The van der Waals surface area contributed by atoms with E-state index in [1.807, 2.05) is 24.3 Å². The number of carbonyl (C=O) groups is 1. The zero-order valence-electron chi connectivity index (χ0n) is 12.5. The van der Waals surface area contributed by atoms with Crippen molar-refractivity contribution in [3.05, 3.63) is 60.7 Å². The van der Waals surface area contributed by atoms with Crippen molar-refractivity contribution in [3.63, 3.8) is 0 Å². The third-order valence-electron chi connectivity index (χ3n) is 3.37. The molecule has 116 valence electrons. The number of nitrogens with zero attached hydrogens (tertiary/aromatic N) is 3. The maximum Gasteiger partial charge on any atom is 0.243 e. The van der Waals surface area contributed by atoms with E-state index in [4.69, 9.17) is 0 Å². The normalized spacial score (nSPS) is 10.5. The average molecular weight is 310 g/mol. The number of anilines is 2. The number of halogens is 1. The van der Waals surface area contributed by atoms with Crippen LogP contribution in [0.5, 0.6) is 0 Å². The van der Waals surface area contributed by atoms with Gasteiger partial charge in [0.25, 0.3) is 0 Å². The first-order chi connectivity index (χ1) is 11.1. The molecule has 3 rings (SSSR count). The highest BCUT2D eigenvalue weighted by Crippen LogP contribution is 2.21. The van der Waals surface area contributed by atoms with E-state index in [0.717, 1.165) is 10.9 Å². The monoisotopic (exact) mass is 310 g/mol. The fourth-order valence-corrected chi connectivity index (χ4v) is 2.35. The predicted octanol–water partition coefficient (Wildman–Crippen LogP) is 2.84. The molecule has 3 aromatic rings. The second-order valence-electron chi connectivity index (χ2n) is 5.13. The number of carbonyl (C=O) groups excluding carboxylic acids is 1. The highest BCUT2D eigenvalue weighted by molar-refractivity contribution is 5.96. The van der Waals surface area contributed by atoms with Crippen LogP contribution >= 0.6 is 0 Å². The van der Waals surface area contributed by atoms with E-state index < -0.39 is 5.82 Å². The van der Waals surface area contributed by atoms with E-state index in [1.165, 1.54) is 18.5 Å². The lowest BCUT2D eigenvalue weighted by Gasteiger charge is -2.19. The number of hydrogen-bond donors (Lipinski definition) is 1. The molecule has 0 aliphatic rings. The Labute approximate surface area is 132 Å². The third kappa shape index (κ3) is 3.42. The Bertz CT molecular complexity index is 847. The van der Waals surface area contributed by atoms with Crippen LogP contribution in [0.3, 0.4) is 0 Å². The Morgan fingerprint density at radius 3 is 2.83 bits per heavy atom. The van der Waals surface area contributed by atoms with Crippen molar-refractivity contribution in [2.75, 3.05) is 23.8 Å². The number of aromatic nitrogens is 2. The summed E-state index contributed by atoms with van der Waals surface area (Å²) in [6, 6.07) is 13.4. The Hall–Kier alpha value is -3.02. The minimum atomic E-state index is -0.391. The van der Waals surface area contributed by atoms with E-state index in [-0.39, 0.29) is 12.5 Å². The standard InChI is InChI=1S/C17H15FN4O/c1-22(10-16(23)21-13-6-4-5-12(18)9-13)17-14-7-2-3-8-15(14)19-11-20-17/h2-9,11H,10H2,1H3,(H,21,23). The van der Waals surface area contributed by atoms with Crippen LogP contribution in [0, 0.1) is 5.82 Å². The van der Waals surface area contributed by atoms with Gasteiger partial charge in [0, 0.05) is 18.1 Å². The molecular formula is C17H15FN4O. The summed E-state index contributed by atoms with van der Waals surface area (Å²) in [6.45, 7) is 0.0948. The summed E-state index contributed by atoms with van der Waals surface area (Å²) in [5.74, 6) is 0.0312. The maximum absolute atomic E-state index is 13.1.